The molecule has 0 saturated carbocycles. The number of aliphatic hydroxyl groups excluding tert-OH is 1. The molecule has 1 aromatic carbocycles. The third kappa shape index (κ3) is 3.29. The molecule has 0 fully saturated rings. The SMILES string of the molecule is CC(CO)N(C)Cc1ccc([N+](=O)[O-])cc1. The van der Waals surface area contributed by atoms with Crippen molar-refractivity contribution in [1.82, 2.24) is 4.90 Å². The molecule has 88 valence electrons. The quantitative estimate of drug-likeness (QED) is 0.606. The highest BCUT2D eigenvalue weighted by atomic mass is 16.6. The summed E-state index contributed by atoms with van der Waals surface area (Å²) in [6.07, 6.45) is 0. The summed E-state index contributed by atoms with van der Waals surface area (Å²) in [5.41, 5.74) is 1.09. The number of non-ortho nitro benzene ring substituents is 1. The van der Waals surface area contributed by atoms with E-state index in [1.54, 1.807) is 12.1 Å². The van der Waals surface area contributed by atoms with Gasteiger partial charge in [0.05, 0.1) is 11.5 Å². The highest BCUT2D eigenvalue weighted by Gasteiger charge is 2.09. The van der Waals surface area contributed by atoms with E-state index in [9.17, 15) is 10.1 Å². The summed E-state index contributed by atoms with van der Waals surface area (Å²) in [5, 5.41) is 19.4. The zero-order chi connectivity index (χ0) is 12.1. The maximum atomic E-state index is 10.5. The molecule has 1 N–H and O–H groups in total. The van der Waals surface area contributed by atoms with Crippen molar-refractivity contribution in [3.05, 3.63) is 39.9 Å². The smallest absolute Gasteiger partial charge is 0.269 e. The topological polar surface area (TPSA) is 66.6 Å². The molecule has 5 nitrogen and oxygen atoms in total. The van der Waals surface area contributed by atoms with Crippen LogP contribution in [0.2, 0.25) is 0 Å². The Balaban J connectivity index is 2.65. The van der Waals surface area contributed by atoms with Crippen molar-refractivity contribution in [2.45, 2.75) is 19.5 Å². The molecular weight excluding hydrogens is 208 g/mol. The normalized spacial score (nSPS) is 12.8. The second-order valence-electron chi connectivity index (χ2n) is 3.87. The van der Waals surface area contributed by atoms with Gasteiger partial charge in [-0.1, -0.05) is 12.1 Å². The molecule has 0 aliphatic rings. The first-order chi connectivity index (χ1) is 7.54. The number of nitro groups is 1. The minimum atomic E-state index is -0.413. The second-order valence-corrected chi connectivity index (χ2v) is 3.87. The molecule has 0 saturated heterocycles. The molecule has 0 radical (unpaired) electrons. The number of hydrogen-bond acceptors (Lipinski definition) is 4. The number of aliphatic hydroxyl groups is 1. The Kier molecular flexibility index (Phi) is 4.39. The third-order valence-electron chi connectivity index (χ3n) is 2.60. The van der Waals surface area contributed by atoms with Crippen molar-refractivity contribution >= 4 is 5.69 Å². The number of benzene rings is 1. The second kappa shape index (κ2) is 5.58. The minimum absolute atomic E-state index is 0.0789. The zero-order valence-electron chi connectivity index (χ0n) is 9.46. The maximum Gasteiger partial charge on any atom is 0.269 e. The van der Waals surface area contributed by atoms with Gasteiger partial charge < -0.3 is 5.11 Å². The molecule has 1 rings (SSSR count). The number of nitro benzene ring substituents is 1. The van der Waals surface area contributed by atoms with Crippen LogP contribution >= 0.6 is 0 Å². The van der Waals surface area contributed by atoms with Crippen molar-refractivity contribution in [2.75, 3.05) is 13.7 Å². The lowest BCUT2D eigenvalue weighted by atomic mass is 10.2. The Labute approximate surface area is 94.5 Å². The van der Waals surface area contributed by atoms with E-state index < -0.39 is 4.92 Å². The Morgan fingerprint density at radius 3 is 2.44 bits per heavy atom. The van der Waals surface area contributed by atoms with Gasteiger partial charge in [-0.2, -0.15) is 0 Å². The van der Waals surface area contributed by atoms with Crippen LogP contribution in [0, 0.1) is 10.1 Å². The highest BCUT2D eigenvalue weighted by Crippen LogP contribution is 2.13. The van der Waals surface area contributed by atoms with E-state index >= 15 is 0 Å². The molecule has 0 spiro atoms. The fraction of sp³-hybridized carbons (Fsp3) is 0.455. The number of rotatable bonds is 5. The largest absolute Gasteiger partial charge is 0.395 e. The Morgan fingerprint density at radius 1 is 1.44 bits per heavy atom. The van der Waals surface area contributed by atoms with E-state index in [1.165, 1.54) is 12.1 Å². The molecule has 0 aliphatic heterocycles. The average molecular weight is 224 g/mol. The lowest BCUT2D eigenvalue weighted by Crippen LogP contribution is -2.31. The van der Waals surface area contributed by atoms with E-state index in [1.807, 2.05) is 18.9 Å². The van der Waals surface area contributed by atoms with Crippen LogP contribution in [0.3, 0.4) is 0 Å². The first-order valence-corrected chi connectivity index (χ1v) is 5.09. The van der Waals surface area contributed by atoms with Crippen LogP contribution in [0.1, 0.15) is 12.5 Å². The first kappa shape index (κ1) is 12.6. The van der Waals surface area contributed by atoms with Gasteiger partial charge in [-0.05, 0) is 19.5 Å². The predicted molar refractivity (Wildman–Crippen MR) is 61.1 cm³/mol. The van der Waals surface area contributed by atoms with E-state index in [-0.39, 0.29) is 18.3 Å². The van der Waals surface area contributed by atoms with Gasteiger partial charge >= 0.3 is 0 Å². The highest BCUT2D eigenvalue weighted by molar-refractivity contribution is 5.32. The summed E-state index contributed by atoms with van der Waals surface area (Å²) in [5.74, 6) is 0. The summed E-state index contributed by atoms with van der Waals surface area (Å²) in [6.45, 7) is 2.69. The van der Waals surface area contributed by atoms with E-state index in [0.717, 1.165) is 5.56 Å². The Hall–Kier alpha value is -1.46. The van der Waals surface area contributed by atoms with Gasteiger partial charge in [0.2, 0.25) is 0 Å². The molecule has 0 aliphatic carbocycles. The van der Waals surface area contributed by atoms with Crippen LogP contribution in [-0.2, 0) is 6.54 Å². The van der Waals surface area contributed by atoms with Gasteiger partial charge in [0.25, 0.3) is 5.69 Å². The Bertz CT molecular complexity index is 351. The van der Waals surface area contributed by atoms with Crippen molar-refractivity contribution < 1.29 is 10.0 Å². The lowest BCUT2D eigenvalue weighted by molar-refractivity contribution is -0.384. The van der Waals surface area contributed by atoms with Crippen LogP contribution in [0.4, 0.5) is 5.69 Å². The summed E-state index contributed by atoms with van der Waals surface area (Å²) in [6, 6.07) is 6.53. The summed E-state index contributed by atoms with van der Waals surface area (Å²) in [4.78, 5) is 12.0. The van der Waals surface area contributed by atoms with Gasteiger partial charge in [0.15, 0.2) is 0 Å². The molecular formula is C11H16N2O3. The molecule has 5 heteroatoms. The molecule has 0 amide bonds. The van der Waals surface area contributed by atoms with E-state index in [0.29, 0.717) is 6.54 Å². The number of likely N-dealkylation sites (N-methyl/N-ethyl adjacent to an activating group) is 1. The van der Waals surface area contributed by atoms with E-state index in [2.05, 4.69) is 0 Å². The van der Waals surface area contributed by atoms with Crippen molar-refractivity contribution in [2.24, 2.45) is 0 Å². The summed E-state index contributed by atoms with van der Waals surface area (Å²) in [7, 11) is 1.91. The molecule has 0 bridgehead atoms. The van der Waals surface area contributed by atoms with Crippen LogP contribution < -0.4 is 0 Å². The van der Waals surface area contributed by atoms with Gasteiger partial charge in [0.1, 0.15) is 0 Å². The fourth-order valence-corrected chi connectivity index (χ4v) is 1.31. The molecule has 16 heavy (non-hydrogen) atoms. The predicted octanol–water partition coefficient (Wildman–Crippen LogP) is 1.41. The lowest BCUT2D eigenvalue weighted by Gasteiger charge is -2.22. The summed E-state index contributed by atoms with van der Waals surface area (Å²) < 4.78 is 0. The number of nitrogens with zero attached hydrogens (tertiary/aromatic N) is 2. The molecule has 1 unspecified atom stereocenters. The summed E-state index contributed by atoms with van der Waals surface area (Å²) >= 11 is 0. The van der Waals surface area contributed by atoms with Gasteiger partial charge in [-0.25, -0.2) is 0 Å². The minimum Gasteiger partial charge on any atom is -0.395 e. The Morgan fingerprint density at radius 2 is 2.00 bits per heavy atom. The van der Waals surface area contributed by atoms with E-state index in [4.69, 9.17) is 5.11 Å². The van der Waals surface area contributed by atoms with Crippen LogP contribution in [0.5, 0.6) is 0 Å². The monoisotopic (exact) mass is 224 g/mol. The van der Waals surface area contributed by atoms with Crippen molar-refractivity contribution in [1.29, 1.82) is 0 Å². The third-order valence-corrected chi connectivity index (χ3v) is 2.60. The fourth-order valence-electron chi connectivity index (χ4n) is 1.31. The molecule has 0 heterocycles. The maximum absolute atomic E-state index is 10.5. The zero-order valence-corrected chi connectivity index (χ0v) is 9.46. The van der Waals surface area contributed by atoms with Crippen LogP contribution in [0.15, 0.2) is 24.3 Å². The molecule has 1 aromatic rings. The van der Waals surface area contributed by atoms with Gasteiger partial charge in [-0.3, -0.25) is 15.0 Å². The van der Waals surface area contributed by atoms with Gasteiger partial charge in [0, 0.05) is 24.7 Å². The van der Waals surface area contributed by atoms with Crippen LogP contribution in [-0.4, -0.2) is 34.6 Å². The van der Waals surface area contributed by atoms with Crippen molar-refractivity contribution in [3.8, 4) is 0 Å². The average Bonchev–Trinajstić information content (AvgIpc) is 2.28. The first-order valence-electron chi connectivity index (χ1n) is 5.09. The van der Waals surface area contributed by atoms with Crippen LogP contribution in [0.25, 0.3) is 0 Å². The standard InChI is InChI=1S/C11H16N2O3/c1-9(8-14)12(2)7-10-3-5-11(6-4-10)13(15)16/h3-6,9,14H,7-8H2,1-2H3. The number of hydrogen-bond donors (Lipinski definition) is 1. The molecule has 1 atom stereocenters. The van der Waals surface area contributed by atoms with Gasteiger partial charge in [-0.15, -0.1) is 0 Å². The van der Waals surface area contributed by atoms with Crippen molar-refractivity contribution in [3.63, 3.8) is 0 Å². The molecule has 0 aromatic heterocycles.